The summed E-state index contributed by atoms with van der Waals surface area (Å²) in [6, 6.07) is 22.1. The van der Waals surface area contributed by atoms with E-state index in [4.69, 9.17) is 4.74 Å². The van der Waals surface area contributed by atoms with Crippen LogP contribution in [0.2, 0.25) is 0 Å². The zero-order valence-corrected chi connectivity index (χ0v) is 17.2. The van der Waals surface area contributed by atoms with Crippen molar-refractivity contribution in [1.82, 2.24) is 5.32 Å². The molecule has 0 spiro atoms. The fourth-order valence-corrected chi connectivity index (χ4v) is 3.52. The predicted octanol–water partition coefficient (Wildman–Crippen LogP) is 5.09. The third-order valence-corrected chi connectivity index (χ3v) is 4.85. The zero-order valence-electron chi connectivity index (χ0n) is 17.2. The maximum atomic E-state index is 13.3. The van der Waals surface area contributed by atoms with Gasteiger partial charge in [0.25, 0.3) is 5.91 Å². The number of para-hydroxylation sites is 2. The number of hydrogen-bond donors (Lipinski definition) is 2. The van der Waals surface area contributed by atoms with Crippen LogP contribution in [0.25, 0.3) is 0 Å². The molecule has 152 valence electrons. The number of anilines is 1. The first-order valence-electron chi connectivity index (χ1n) is 9.91. The second kappa shape index (κ2) is 7.67. The lowest BCUT2D eigenvalue weighted by atomic mass is 9.87. The van der Waals surface area contributed by atoms with E-state index >= 15 is 0 Å². The second-order valence-corrected chi connectivity index (χ2v) is 8.38. The van der Waals surface area contributed by atoms with Gasteiger partial charge in [-0.05, 0) is 57.2 Å². The number of benzene rings is 3. The minimum atomic E-state index is -0.477. The number of ether oxygens (including phenoxy) is 1. The van der Waals surface area contributed by atoms with E-state index in [-0.39, 0.29) is 17.4 Å². The van der Waals surface area contributed by atoms with Crippen LogP contribution in [0.4, 0.5) is 5.69 Å². The fourth-order valence-electron chi connectivity index (χ4n) is 3.52. The summed E-state index contributed by atoms with van der Waals surface area (Å²) < 4.78 is 5.97. The number of fused-ring (bicyclic) bond motifs is 2. The highest BCUT2D eigenvalue weighted by Crippen LogP contribution is 2.44. The van der Waals surface area contributed by atoms with Crippen LogP contribution in [-0.2, 0) is 4.79 Å². The standard InChI is InChI=1S/C25H24N2O3/c1-25(2,3)27-23(28)16-12-14-17(15-13-16)26-24(29)22-18-8-4-6-10-20(18)30-21-11-7-5-9-19(21)22/h4-15,22H,1-3H3,(H,26,29)(H,27,28). The molecule has 3 aromatic carbocycles. The Morgan fingerprint density at radius 3 is 1.87 bits per heavy atom. The van der Waals surface area contributed by atoms with Crippen molar-refractivity contribution in [2.24, 2.45) is 0 Å². The Bertz CT molecular complexity index is 1050. The van der Waals surface area contributed by atoms with Crippen LogP contribution in [0.15, 0.2) is 72.8 Å². The van der Waals surface area contributed by atoms with Gasteiger partial charge in [0.2, 0.25) is 5.91 Å². The summed E-state index contributed by atoms with van der Waals surface area (Å²) in [5.74, 6) is 0.601. The van der Waals surface area contributed by atoms with Crippen molar-refractivity contribution in [3.63, 3.8) is 0 Å². The molecule has 0 saturated carbocycles. The summed E-state index contributed by atoms with van der Waals surface area (Å²) in [4.78, 5) is 25.6. The van der Waals surface area contributed by atoms with Crippen molar-refractivity contribution >= 4 is 17.5 Å². The molecule has 0 aromatic heterocycles. The Labute approximate surface area is 176 Å². The van der Waals surface area contributed by atoms with Crippen molar-refractivity contribution in [3.8, 4) is 11.5 Å². The smallest absolute Gasteiger partial charge is 0.251 e. The molecular formula is C25H24N2O3. The molecule has 5 nitrogen and oxygen atoms in total. The molecule has 1 aliphatic heterocycles. The Morgan fingerprint density at radius 2 is 1.33 bits per heavy atom. The van der Waals surface area contributed by atoms with E-state index in [1.54, 1.807) is 24.3 Å². The second-order valence-electron chi connectivity index (χ2n) is 8.38. The number of hydrogen-bond acceptors (Lipinski definition) is 3. The van der Waals surface area contributed by atoms with Crippen LogP contribution >= 0.6 is 0 Å². The van der Waals surface area contributed by atoms with E-state index in [1.165, 1.54) is 0 Å². The molecular weight excluding hydrogens is 376 g/mol. The lowest BCUT2D eigenvalue weighted by molar-refractivity contribution is -0.116. The van der Waals surface area contributed by atoms with Gasteiger partial charge in [-0.25, -0.2) is 0 Å². The van der Waals surface area contributed by atoms with E-state index in [0.29, 0.717) is 22.7 Å². The quantitative estimate of drug-likeness (QED) is 0.643. The zero-order chi connectivity index (χ0) is 21.3. The molecule has 2 N–H and O–H groups in total. The van der Waals surface area contributed by atoms with Crippen molar-refractivity contribution in [3.05, 3.63) is 89.5 Å². The van der Waals surface area contributed by atoms with Gasteiger partial charge in [0, 0.05) is 27.9 Å². The summed E-state index contributed by atoms with van der Waals surface area (Å²) in [5, 5.41) is 5.91. The van der Waals surface area contributed by atoms with E-state index in [1.807, 2.05) is 69.3 Å². The van der Waals surface area contributed by atoms with Crippen LogP contribution in [-0.4, -0.2) is 17.4 Å². The normalized spacial score (nSPS) is 12.9. The molecule has 0 saturated heterocycles. The van der Waals surface area contributed by atoms with Crippen molar-refractivity contribution < 1.29 is 14.3 Å². The molecule has 0 unspecified atom stereocenters. The molecule has 30 heavy (non-hydrogen) atoms. The highest BCUT2D eigenvalue weighted by Gasteiger charge is 2.32. The van der Waals surface area contributed by atoms with Gasteiger partial charge in [-0.3, -0.25) is 9.59 Å². The molecule has 1 aliphatic rings. The predicted molar refractivity (Wildman–Crippen MR) is 117 cm³/mol. The first-order valence-corrected chi connectivity index (χ1v) is 9.91. The maximum absolute atomic E-state index is 13.3. The lowest BCUT2D eigenvalue weighted by Gasteiger charge is -2.27. The highest BCUT2D eigenvalue weighted by atomic mass is 16.5. The van der Waals surface area contributed by atoms with Crippen molar-refractivity contribution in [1.29, 1.82) is 0 Å². The molecule has 4 rings (SSSR count). The Kier molecular flexibility index (Phi) is 5.04. The molecule has 0 radical (unpaired) electrons. The average Bonchev–Trinajstić information content (AvgIpc) is 2.71. The fraction of sp³-hybridized carbons (Fsp3) is 0.200. The van der Waals surface area contributed by atoms with Crippen LogP contribution in [0.3, 0.4) is 0 Å². The third-order valence-electron chi connectivity index (χ3n) is 4.85. The number of carbonyl (C=O) groups excluding carboxylic acids is 2. The van der Waals surface area contributed by atoms with Gasteiger partial charge >= 0.3 is 0 Å². The van der Waals surface area contributed by atoms with Crippen LogP contribution in [0.1, 0.15) is 48.2 Å². The number of carbonyl (C=O) groups is 2. The van der Waals surface area contributed by atoms with Gasteiger partial charge in [0.15, 0.2) is 0 Å². The Morgan fingerprint density at radius 1 is 0.800 bits per heavy atom. The van der Waals surface area contributed by atoms with Crippen LogP contribution < -0.4 is 15.4 Å². The monoisotopic (exact) mass is 400 g/mol. The average molecular weight is 400 g/mol. The van der Waals surface area contributed by atoms with Crippen LogP contribution in [0.5, 0.6) is 11.5 Å². The highest BCUT2D eigenvalue weighted by molar-refractivity contribution is 6.00. The van der Waals surface area contributed by atoms with Gasteiger partial charge in [0.05, 0.1) is 5.92 Å². The summed E-state index contributed by atoms with van der Waals surface area (Å²) >= 11 is 0. The van der Waals surface area contributed by atoms with E-state index < -0.39 is 5.92 Å². The number of rotatable bonds is 3. The molecule has 0 bridgehead atoms. The van der Waals surface area contributed by atoms with Gasteiger partial charge < -0.3 is 15.4 Å². The van der Waals surface area contributed by atoms with E-state index in [9.17, 15) is 9.59 Å². The molecule has 0 aliphatic carbocycles. The van der Waals surface area contributed by atoms with Gasteiger partial charge in [-0.2, -0.15) is 0 Å². The largest absolute Gasteiger partial charge is 0.457 e. The summed E-state index contributed by atoms with van der Waals surface area (Å²) in [6.45, 7) is 5.80. The Balaban J connectivity index is 1.57. The van der Waals surface area contributed by atoms with E-state index in [0.717, 1.165) is 11.1 Å². The summed E-state index contributed by atoms with van der Waals surface area (Å²) in [5.41, 5.74) is 2.52. The SMILES string of the molecule is CC(C)(C)NC(=O)c1ccc(NC(=O)C2c3ccccc3Oc3ccccc32)cc1. The Hall–Kier alpha value is -3.60. The van der Waals surface area contributed by atoms with Crippen molar-refractivity contribution in [2.45, 2.75) is 32.2 Å². The molecule has 2 amide bonds. The molecule has 0 atom stereocenters. The minimum Gasteiger partial charge on any atom is -0.457 e. The lowest BCUT2D eigenvalue weighted by Crippen LogP contribution is -2.40. The first kappa shape index (κ1) is 19.7. The van der Waals surface area contributed by atoms with Gasteiger partial charge in [-0.1, -0.05) is 36.4 Å². The van der Waals surface area contributed by atoms with Crippen molar-refractivity contribution in [2.75, 3.05) is 5.32 Å². The molecule has 1 heterocycles. The topological polar surface area (TPSA) is 67.4 Å². The summed E-state index contributed by atoms with van der Waals surface area (Å²) in [7, 11) is 0. The maximum Gasteiger partial charge on any atom is 0.251 e. The number of amides is 2. The third kappa shape index (κ3) is 4.06. The minimum absolute atomic E-state index is 0.146. The first-order chi connectivity index (χ1) is 14.3. The van der Waals surface area contributed by atoms with E-state index in [2.05, 4.69) is 10.6 Å². The molecule has 0 fully saturated rings. The number of nitrogens with one attached hydrogen (secondary N) is 2. The van der Waals surface area contributed by atoms with Gasteiger partial charge in [-0.15, -0.1) is 0 Å². The van der Waals surface area contributed by atoms with Gasteiger partial charge in [0.1, 0.15) is 11.5 Å². The summed E-state index contributed by atoms with van der Waals surface area (Å²) in [6.07, 6.45) is 0. The molecule has 3 aromatic rings. The van der Waals surface area contributed by atoms with Crippen LogP contribution in [0, 0.1) is 0 Å². The molecule has 5 heteroatoms.